The number of benzene rings is 2. The molecule has 1 fully saturated rings. The van der Waals surface area contributed by atoms with E-state index in [2.05, 4.69) is 41.0 Å². The molecule has 4 N–H and O–H groups in total. The van der Waals surface area contributed by atoms with Gasteiger partial charge in [0.25, 0.3) is 5.91 Å². The second-order valence-electron chi connectivity index (χ2n) is 11.0. The number of nitrogens with one attached hydrogen (secondary N) is 3. The summed E-state index contributed by atoms with van der Waals surface area (Å²) >= 11 is 1.35. The van der Waals surface area contributed by atoms with Crippen LogP contribution in [0.5, 0.6) is 0 Å². The molecule has 4 rings (SSSR count). The molecule has 1 aromatic heterocycles. The van der Waals surface area contributed by atoms with Crippen molar-refractivity contribution in [3.63, 3.8) is 0 Å². The Bertz CT molecular complexity index is 1250. The Hall–Kier alpha value is -2.82. The van der Waals surface area contributed by atoms with Crippen molar-refractivity contribution in [3.05, 3.63) is 70.1 Å². The third-order valence-electron chi connectivity index (χ3n) is 6.70. The molecule has 0 saturated heterocycles. The molecule has 1 atom stereocenters. The summed E-state index contributed by atoms with van der Waals surface area (Å²) in [6, 6.07) is 15.7. The maximum Gasteiger partial charge on any atom is 0.325 e. The molecule has 39 heavy (non-hydrogen) atoms. The van der Waals surface area contributed by atoms with E-state index in [9.17, 15) is 9.59 Å². The maximum absolute atomic E-state index is 12.8. The Morgan fingerprint density at radius 1 is 0.974 bits per heavy atom. The number of carbonyl (C=O) groups is 2. The van der Waals surface area contributed by atoms with E-state index in [0.29, 0.717) is 24.5 Å². The van der Waals surface area contributed by atoms with Gasteiger partial charge in [0.15, 0.2) is 0 Å². The fourth-order valence-corrected chi connectivity index (χ4v) is 5.53. The number of esters is 1. The van der Waals surface area contributed by atoms with Crippen molar-refractivity contribution >= 4 is 33.3 Å². The van der Waals surface area contributed by atoms with Gasteiger partial charge in [-0.1, -0.05) is 36.4 Å². The van der Waals surface area contributed by atoms with Gasteiger partial charge in [-0.2, -0.15) is 0 Å². The predicted molar refractivity (Wildman–Crippen MR) is 153 cm³/mol. The molecule has 1 heterocycles. The third kappa shape index (κ3) is 8.84. The summed E-state index contributed by atoms with van der Waals surface area (Å²) in [7, 11) is 0. The molecule has 8 nitrogen and oxygen atoms in total. The Balaban J connectivity index is 1.26. The molecule has 0 aliphatic heterocycles. The first-order valence-corrected chi connectivity index (χ1v) is 14.3. The van der Waals surface area contributed by atoms with E-state index in [4.69, 9.17) is 14.7 Å². The van der Waals surface area contributed by atoms with Crippen LogP contribution in [0.1, 0.15) is 72.8 Å². The van der Waals surface area contributed by atoms with Crippen LogP contribution in [0.3, 0.4) is 0 Å². The predicted octanol–water partition coefficient (Wildman–Crippen LogP) is 5.07. The minimum absolute atomic E-state index is 0.0284. The fraction of sp³-hybridized carbons (Fsp3) is 0.467. The zero-order valence-corrected chi connectivity index (χ0v) is 23.7. The average molecular weight is 554 g/mol. The van der Waals surface area contributed by atoms with E-state index >= 15 is 0 Å². The van der Waals surface area contributed by atoms with Gasteiger partial charge < -0.3 is 14.8 Å². The van der Waals surface area contributed by atoms with Gasteiger partial charge in [-0.25, -0.2) is 5.48 Å². The quantitative estimate of drug-likeness (QED) is 0.141. The lowest BCUT2D eigenvalue weighted by Crippen LogP contribution is -2.44. The highest BCUT2D eigenvalue weighted by Crippen LogP contribution is 2.27. The highest BCUT2D eigenvalue weighted by atomic mass is 32.1. The summed E-state index contributed by atoms with van der Waals surface area (Å²) in [6.07, 6.45) is 4.15. The number of fused-ring (bicyclic) bond motifs is 1. The number of hydrogen-bond acceptors (Lipinski definition) is 8. The minimum atomic E-state index is -0.513. The monoisotopic (exact) mass is 553 g/mol. The minimum Gasteiger partial charge on any atom is -0.461 e. The van der Waals surface area contributed by atoms with Crippen molar-refractivity contribution in [2.24, 2.45) is 0 Å². The third-order valence-corrected chi connectivity index (χ3v) is 7.79. The molecule has 0 spiro atoms. The zero-order valence-electron chi connectivity index (χ0n) is 22.9. The molecule has 9 heteroatoms. The number of hydroxylamine groups is 1. The van der Waals surface area contributed by atoms with Crippen LogP contribution in [0.4, 0.5) is 0 Å². The number of amides is 1. The van der Waals surface area contributed by atoms with Gasteiger partial charge in [0.05, 0.1) is 17.1 Å². The zero-order chi connectivity index (χ0) is 27.8. The highest BCUT2D eigenvalue weighted by Gasteiger charge is 2.27. The first-order chi connectivity index (χ1) is 18.7. The summed E-state index contributed by atoms with van der Waals surface area (Å²) in [6.45, 7) is 8.16. The summed E-state index contributed by atoms with van der Waals surface area (Å²) in [5.74, 6) is -0.729. The SMILES string of the molecule is CC(C)(C)OC[C@H](NCc1ccc(CNCc2ccc3cc(C(=O)NO)sc3c2)cc1)C(=O)OC1CCCC1. The standard InChI is InChI=1S/C30H39N3O5S/c1-30(2,3)37-19-25(29(35)38-24-6-4-5-7-24)32-18-21-10-8-20(9-11-21)16-31-17-22-12-13-23-15-27(28(34)33-36)39-26(23)14-22/h8-15,24-25,31-32,36H,4-7,16-19H2,1-3H3,(H,33,34)/t25-/m0/s1. The topological polar surface area (TPSA) is 109 Å². The van der Waals surface area contributed by atoms with Crippen LogP contribution in [0, 0.1) is 0 Å². The number of rotatable bonds is 12. The van der Waals surface area contributed by atoms with E-state index in [1.54, 1.807) is 11.5 Å². The average Bonchev–Trinajstić information content (AvgIpc) is 3.58. The smallest absolute Gasteiger partial charge is 0.325 e. The molecule has 1 amide bonds. The van der Waals surface area contributed by atoms with Crippen molar-refractivity contribution in [1.29, 1.82) is 0 Å². The van der Waals surface area contributed by atoms with Crippen LogP contribution in [0.15, 0.2) is 48.5 Å². The lowest BCUT2D eigenvalue weighted by molar-refractivity contribution is -0.154. The molecule has 210 valence electrons. The largest absolute Gasteiger partial charge is 0.461 e. The molecule has 0 radical (unpaired) electrons. The van der Waals surface area contributed by atoms with Crippen molar-refractivity contribution in [3.8, 4) is 0 Å². The van der Waals surface area contributed by atoms with Crippen molar-refractivity contribution < 1.29 is 24.3 Å². The molecular formula is C30H39N3O5S. The van der Waals surface area contributed by atoms with Crippen molar-refractivity contribution in [1.82, 2.24) is 16.1 Å². The number of thiophene rings is 1. The van der Waals surface area contributed by atoms with Gasteiger partial charge in [-0.3, -0.25) is 20.1 Å². The Labute approximate surface area is 234 Å². The number of ether oxygens (including phenoxy) is 2. The second-order valence-corrected chi connectivity index (χ2v) is 12.1. The molecule has 3 aromatic rings. The molecule has 0 unspecified atom stereocenters. The number of carbonyl (C=O) groups excluding carboxylic acids is 2. The lowest BCUT2D eigenvalue weighted by Gasteiger charge is -2.25. The molecule has 1 aliphatic carbocycles. The van der Waals surface area contributed by atoms with Gasteiger partial charge >= 0.3 is 5.97 Å². The van der Waals surface area contributed by atoms with Crippen LogP contribution in [0.2, 0.25) is 0 Å². The maximum atomic E-state index is 12.8. The van der Waals surface area contributed by atoms with Crippen LogP contribution < -0.4 is 16.1 Å². The molecule has 1 saturated carbocycles. The van der Waals surface area contributed by atoms with Crippen LogP contribution in [-0.4, -0.2) is 41.4 Å². The van der Waals surface area contributed by atoms with E-state index in [1.165, 1.54) is 11.3 Å². The Morgan fingerprint density at radius 2 is 1.62 bits per heavy atom. The second kappa shape index (κ2) is 13.5. The van der Waals surface area contributed by atoms with Gasteiger partial charge in [0, 0.05) is 24.3 Å². The summed E-state index contributed by atoms with van der Waals surface area (Å²) in [5, 5.41) is 16.6. The summed E-state index contributed by atoms with van der Waals surface area (Å²) in [4.78, 5) is 25.0. The molecular weight excluding hydrogens is 514 g/mol. The van der Waals surface area contributed by atoms with E-state index < -0.39 is 11.9 Å². The Morgan fingerprint density at radius 3 is 2.28 bits per heavy atom. The fourth-order valence-electron chi connectivity index (χ4n) is 4.52. The highest BCUT2D eigenvalue weighted by molar-refractivity contribution is 7.20. The van der Waals surface area contributed by atoms with Crippen molar-refractivity contribution in [2.45, 2.75) is 83.8 Å². The van der Waals surface area contributed by atoms with Gasteiger partial charge in [0.1, 0.15) is 12.1 Å². The van der Waals surface area contributed by atoms with E-state index in [-0.39, 0.29) is 24.3 Å². The number of hydrogen-bond donors (Lipinski definition) is 4. The van der Waals surface area contributed by atoms with Gasteiger partial charge in [-0.05, 0) is 80.7 Å². The summed E-state index contributed by atoms with van der Waals surface area (Å²) in [5.41, 5.74) is 4.71. The van der Waals surface area contributed by atoms with Crippen LogP contribution in [-0.2, 0) is 33.9 Å². The molecule has 2 aromatic carbocycles. The first-order valence-electron chi connectivity index (χ1n) is 13.5. The van der Waals surface area contributed by atoms with Crippen LogP contribution in [0.25, 0.3) is 10.1 Å². The molecule has 0 bridgehead atoms. The Kier molecular flexibility index (Phi) is 10.1. The first kappa shape index (κ1) is 29.2. The summed E-state index contributed by atoms with van der Waals surface area (Å²) < 4.78 is 12.7. The van der Waals surface area contributed by atoms with E-state index in [1.807, 2.05) is 32.9 Å². The normalized spacial score (nSPS) is 15.0. The lowest BCUT2D eigenvalue weighted by atomic mass is 10.1. The van der Waals surface area contributed by atoms with E-state index in [0.717, 1.165) is 52.5 Å². The van der Waals surface area contributed by atoms with Crippen LogP contribution >= 0.6 is 11.3 Å². The van der Waals surface area contributed by atoms with Gasteiger partial charge in [0.2, 0.25) is 0 Å². The van der Waals surface area contributed by atoms with Crippen molar-refractivity contribution in [2.75, 3.05) is 6.61 Å². The van der Waals surface area contributed by atoms with Gasteiger partial charge in [-0.15, -0.1) is 11.3 Å². The molecule has 1 aliphatic rings.